The van der Waals surface area contributed by atoms with E-state index in [0.29, 0.717) is 42.0 Å². The first-order valence-corrected chi connectivity index (χ1v) is 18.9. The maximum atomic E-state index is 14.8. The molecule has 274 valence electrons. The van der Waals surface area contributed by atoms with Crippen LogP contribution in [0.1, 0.15) is 63.5 Å². The quantitative estimate of drug-likeness (QED) is 0.0834. The zero-order chi connectivity index (χ0) is 36.7. The summed E-state index contributed by atoms with van der Waals surface area (Å²) in [5.74, 6) is -3.44. The summed E-state index contributed by atoms with van der Waals surface area (Å²) in [4.78, 5) is 59.4. The minimum absolute atomic E-state index is 0.0826. The van der Waals surface area contributed by atoms with Crippen LogP contribution in [0, 0.1) is 11.8 Å². The number of carbonyl (C=O) groups excluding carboxylic acids is 4. The molecule has 0 saturated carbocycles. The second-order valence-electron chi connectivity index (χ2n) is 13.5. The number of rotatable bonds is 18. The van der Waals surface area contributed by atoms with Crippen LogP contribution in [0.4, 0.5) is 5.69 Å². The second kappa shape index (κ2) is 17.3. The Bertz CT molecular complexity index is 1580. The van der Waals surface area contributed by atoms with Gasteiger partial charge < -0.3 is 29.7 Å². The number of nitrogens with one attached hydrogen (secondary N) is 1. The lowest BCUT2D eigenvalue weighted by Gasteiger charge is -2.37. The number of fused-ring (bicyclic) bond motifs is 1. The molecule has 1 spiro atoms. The molecule has 12 heteroatoms. The van der Waals surface area contributed by atoms with Crippen molar-refractivity contribution in [1.29, 1.82) is 0 Å². The van der Waals surface area contributed by atoms with Crippen molar-refractivity contribution < 1.29 is 33.8 Å². The molecule has 51 heavy (non-hydrogen) atoms. The van der Waals surface area contributed by atoms with E-state index >= 15 is 0 Å². The van der Waals surface area contributed by atoms with Crippen LogP contribution < -0.4 is 10.2 Å². The van der Waals surface area contributed by atoms with Gasteiger partial charge in [0, 0.05) is 41.7 Å². The van der Waals surface area contributed by atoms with Crippen LogP contribution in [0.15, 0.2) is 79.9 Å². The Labute approximate surface area is 313 Å². The van der Waals surface area contributed by atoms with Gasteiger partial charge in [-0.2, -0.15) is 0 Å². The van der Waals surface area contributed by atoms with Gasteiger partial charge in [0.15, 0.2) is 0 Å². The molecule has 3 heterocycles. The molecule has 10 nitrogen and oxygen atoms in total. The smallest absolute Gasteiger partial charge is 0.313 e. The van der Waals surface area contributed by atoms with Gasteiger partial charge in [0.1, 0.15) is 17.7 Å². The predicted molar refractivity (Wildman–Crippen MR) is 199 cm³/mol. The Hall–Kier alpha value is -3.51. The van der Waals surface area contributed by atoms with E-state index in [1.165, 1.54) is 0 Å². The normalized spacial score (nSPS) is 25.9. The summed E-state index contributed by atoms with van der Waals surface area (Å²) in [7, 11) is 0. The molecule has 0 aromatic heterocycles. The lowest BCUT2D eigenvalue weighted by molar-refractivity contribution is -0.162. The molecule has 8 atom stereocenters. The summed E-state index contributed by atoms with van der Waals surface area (Å²) in [6.45, 7) is 9.88. The third-order valence-corrected chi connectivity index (χ3v) is 11.2. The van der Waals surface area contributed by atoms with E-state index in [2.05, 4.69) is 34.4 Å². The number of hydrogen-bond donors (Lipinski definition) is 2. The van der Waals surface area contributed by atoms with Crippen molar-refractivity contribution in [3.8, 4) is 0 Å². The van der Waals surface area contributed by atoms with Gasteiger partial charge in [-0.1, -0.05) is 82.9 Å². The number of hydrogen-bond acceptors (Lipinski definition) is 7. The zero-order valence-corrected chi connectivity index (χ0v) is 31.3. The first kappa shape index (κ1) is 38.7. The summed E-state index contributed by atoms with van der Waals surface area (Å²) in [5.41, 5.74) is -0.0106. The molecule has 2 bridgehead atoms. The molecule has 5 rings (SSSR count). The SMILES string of the molecule is C=CCCC(=O)N[C@H](C)[C@@H](OC(=O)[C@@H]1[C@H]2O[C@@]3(CC2Br)[C@H](C(=O)N(CC=C)c2ccc(Cl)cc2)N(CCCCCCO)C(=O)[C@@H]13)c1ccccc1. The van der Waals surface area contributed by atoms with Crippen molar-refractivity contribution in [2.24, 2.45) is 11.8 Å². The number of unbranched alkanes of at least 4 members (excludes halogenated alkanes) is 3. The summed E-state index contributed by atoms with van der Waals surface area (Å²) < 4.78 is 13.0. The number of likely N-dealkylation sites (tertiary alicyclic amines) is 1. The molecule has 3 amide bonds. The number of halogens is 2. The second-order valence-corrected chi connectivity index (χ2v) is 15.1. The van der Waals surface area contributed by atoms with E-state index in [4.69, 9.17) is 21.1 Å². The monoisotopic (exact) mass is 783 g/mol. The highest BCUT2D eigenvalue weighted by Crippen LogP contribution is 2.60. The van der Waals surface area contributed by atoms with Crippen molar-refractivity contribution in [2.45, 2.75) is 86.6 Å². The number of anilines is 1. The van der Waals surface area contributed by atoms with Crippen LogP contribution >= 0.6 is 27.5 Å². The van der Waals surface area contributed by atoms with Gasteiger partial charge in [-0.25, -0.2) is 0 Å². The number of aliphatic hydroxyl groups is 1. The highest BCUT2D eigenvalue weighted by Gasteiger charge is 2.77. The first-order chi connectivity index (χ1) is 24.6. The highest BCUT2D eigenvalue weighted by molar-refractivity contribution is 9.09. The third kappa shape index (κ3) is 8.11. The van der Waals surface area contributed by atoms with E-state index in [1.807, 2.05) is 30.3 Å². The Morgan fingerprint density at radius 1 is 1.12 bits per heavy atom. The molecule has 3 fully saturated rings. The number of alkyl halides is 1. The van der Waals surface area contributed by atoms with Crippen molar-refractivity contribution in [3.05, 3.63) is 90.5 Å². The minimum atomic E-state index is -1.29. The number of benzene rings is 2. The first-order valence-electron chi connectivity index (χ1n) is 17.6. The molecule has 1 unspecified atom stereocenters. The van der Waals surface area contributed by atoms with E-state index in [-0.39, 0.29) is 48.7 Å². The van der Waals surface area contributed by atoms with E-state index in [1.54, 1.807) is 53.1 Å². The fraction of sp³-hybridized carbons (Fsp3) is 0.487. The molecule has 3 aliphatic heterocycles. The molecule has 2 aromatic carbocycles. The van der Waals surface area contributed by atoms with E-state index in [0.717, 1.165) is 12.8 Å². The summed E-state index contributed by atoms with van der Waals surface area (Å²) in [6, 6.07) is 14.5. The lowest BCUT2D eigenvalue weighted by Crippen LogP contribution is -2.57. The zero-order valence-electron chi connectivity index (χ0n) is 28.9. The van der Waals surface area contributed by atoms with Crippen molar-refractivity contribution in [1.82, 2.24) is 10.2 Å². The number of ether oxygens (including phenoxy) is 2. The summed E-state index contributed by atoms with van der Waals surface area (Å²) >= 11 is 9.92. The minimum Gasteiger partial charge on any atom is -0.455 e. The molecular weight excluding hydrogens is 738 g/mol. The number of carbonyl (C=O) groups is 4. The summed E-state index contributed by atoms with van der Waals surface area (Å²) in [6.07, 6.45) is 5.61. The Morgan fingerprint density at radius 2 is 1.82 bits per heavy atom. The fourth-order valence-corrected chi connectivity index (χ4v) is 8.90. The molecule has 3 aliphatic rings. The molecule has 0 radical (unpaired) electrons. The van der Waals surface area contributed by atoms with Crippen LogP contribution in [0.5, 0.6) is 0 Å². The number of allylic oxidation sites excluding steroid dienone is 1. The fourth-order valence-electron chi connectivity index (χ4n) is 7.83. The van der Waals surface area contributed by atoms with E-state index < -0.39 is 47.7 Å². The standard InChI is InChI=1S/C39H47BrClN3O7/c1-4-6-16-30(46)42-25(3)33(26-14-10-9-11-15-26)50-38(49)31-32-36(47)44(22-12-7-8-13-23-45)35(39(32)24-29(40)34(31)51-39)37(48)43(21-5-2)28-19-17-27(41)18-20-28/h4-5,9-11,14-15,17-20,25,29,31-35,45H,1-2,6-8,12-13,16,21-24H2,3H3,(H,42,46)/t25-,29?,31+,32-,33-,34+,35+,39-/m1/s1. The van der Waals surface area contributed by atoms with Gasteiger partial charge in [0.25, 0.3) is 5.91 Å². The van der Waals surface area contributed by atoms with Crippen molar-refractivity contribution >= 4 is 56.9 Å². The maximum absolute atomic E-state index is 14.8. The Balaban J connectivity index is 1.49. The number of aliphatic hydroxyl groups excluding tert-OH is 1. The average molecular weight is 785 g/mol. The molecule has 2 aromatic rings. The largest absolute Gasteiger partial charge is 0.455 e. The van der Waals surface area contributed by atoms with Crippen LogP contribution in [0.25, 0.3) is 0 Å². The van der Waals surface area contributed by atoms with Gasteiger partial charge in [-0.15, -0.1) is 13.2 Å². The lowest BCUT2D eigenvalue weighted by atomic mass is 9.70. The topological polar surface area (TPSA) is 125 Å². The van der Waals surface area contributed by atoms with Crippen molar-refractivity contribution in [3.63, 3.8) is 0 Å². The van der Waals surface area contributed by atoms with Gasteiger partial charge in [-0.05, 0) is 62.4 Å². The predicted octanol–water partition coefficient (Wildman–Crippen LogP) is 5.92. The van der Waals surface area contributed by atoms with E-state index in [9.17, 15) is 24.3 Å². The Morgan fingerprint density at radius 3 is 2.49 bits per heavy atom. The highest BCUT2D eigenvalue weighted by atomic mass is 79.9. The van der Waals surface area contributed by atoms with Gasteiger partial charge in [0.2, 0.25) is 11.8 Å². The van der Waals surface area contributed by atoms with Crippen LogP contribution in [0.3, 0.4) is 0 Å². The number of amides is 3. The summed E-state index contributed by atoms with van der Waals surface area (Å²) in [5, 5.41) is 12.8. The maximum Gasteiger partial charge on any atom is 0.313 e. The number of nitrogens with zero attached hydrogens (tertiary/aromatic N) is 2. The average Bonchev–Trinajstić information content (AvgIpc) is 3.72. The van der Waals surface area contributed by atoms with Crippen molar-refractivity contribution in [2.75, 3.05) is 24.6 Å². The molecule has 0 aliphatic carbocycles. The molecule has 2 N–H and O–H groups in total. The van der Waals surface area contributed by atoms with Crippen LogP contribution in [0.2, 0.25) is 5.02 Å². The van der Waals surface area contributed by atoms with Gasteiger partial charge in [-0.3, -0.25) is 19.2 Å². The van der Waals surface area contributed by atoms with Crippen LogP contribution in [-0.4, -0.2) is 82.0 Å². The van der Waals surface area contributed by atoms with Gasteiger partial charge >= 0.3 is 5.97 Å². The third-order valence-electron chi connectivity index (χ3n) is 10.1. The van der Waals surface area contributed by atoms with Gasteiger partial charge in [0.05, 0.1) is 24.0 Å². The molecular formula is C39H47BrClN3O7. The number of esters is 1. The Kier molecular flexibility index (Phi) is 13.2. The van der Waals surface area contributed by atoms with Crippen LogP contribution in [-0.2, 0) is 28.7 Å². The molecule has 3 saturated heterocycles.